The summed E-state index contributed by atoms with van der Waals surface area (Å²) >= 11 is 1.80. The number of thiophene rings is 1. The molecule has 1 aromatic rings. The van der Waals surface area contributed by atoms with Crippen LogP contribution >= 0.6 is 11.3 Å². The molecule has 1 atom stereocenters. The molecule has 0 aliphatic carbocycles. The summed E-state index contributed by atoms with van der Waals surface area (Å²) in [5.41, 5.74) is 5.84. The van der Waals surface area contributed by atoms with Gasteiger partial charge in [-0.25, -0.2) is 0 Å². The molecule has 14 heavy (non-hydrogen) atoms. The maximum absolute atomic E-state index is 5.84. The number of nitrogens with two attached hydrogens (primary N) is 1. The average molecular weight is 212 g/mol. The molecule has 0 aliphatic heterocycles. The molecule has 3 heteroatoms. The van der Waals surface area contributed by atoms with Gasteiger partial charge in [-0.15, -0.1) is 11.3 Å². The third-order valence-electron chi connectivity index (χ3n) is 2.45. The number of nitrogens with zero attached hydrogens (tertiary/aromatic N) is 1. The van der Waals surface area contributed by atoms with Gasteiger partial charge in [0.05, 0.1) is 6.04 Å². The Morgan fingerprint density at radius 2 is 2.29 bits per heavy atom. The van der Waals surface area contributed by atoms with Crippen molar-refractivity contribution in [3.63, 3.8) is 0 Å². The molecule has 1 rings (SSSR count). The number of likely N-dealkylation sites (N-methyl/N-ethyl adjacent to an activating group) is 1. The minimum Gasteiger partial charge on any atom is -0.329 e. The standard InChI is InChI=1S/C11H20N2S/c1-3-7-13(4-2)10(9-12)11-6-5-8-14-11/h5-6,8,10H,3-4,7,9,12H2,1-2H3. The molecular formula is C11H20N2S. The lowest BCUT2D eigenvalue weighted by atomic mass is 10.2. The van der Waals surface area contributed by atoms with E-state index in [1.807, 2.05) is 0 Å². The molecule has 0 fully saturated rings. The minimum absolute atomic E-state index is 0.417. The van der Waals surface area contributed by atoms with E-state index in [0.29, 0.717) is 12.6 Å². The van der Waals surface area contributed by atoms with Gasteiger partial charge in [0.25, 0.3) is 0 Å². The van der Waals surface area contributed by atoms with Crippen molar-refractivity contribution in [1.29, 1.82) is 0 Å². The Hall–Kier alpha value is -0.380. The SMILES string of the molecule is CCCN(CC)C(CN)c1cccs1. The van der Waals surface area contributed by atoms with Crippen LogP contribution in [0.15, 0.2) is 17.5 Å². The normalized spacial score (nSPS) is 13.4. The molecule has 80 valence electrons. The van der Waals surface area contributed by atoms with Gasteiger partial charge in [0.15, 0.2) is 0 Å². The van der Waals surface area contributed by atoms with Gasteiger partial charge in [0.1, 0.15) is 0 Å². The Balaban J connectivity index is 2.68. The fourth-order valence-corrected chi connectivity index (χ4v) is 2.62. The third-order valence-corrected chi connectivity index (χ3v) is 3.43. The highest BCUT2D eigenvalue weighted by molar-refractivity contribution is 7.10. The Bertz CT molecular complexity index is 233. The van der Waals surface area contributed by atoms with E-state index in [-0.39, 0.29) is 0 Å². The summed E-state index contributed by atoms with van der Waals surface area (Å²) in [6.45, 7) is 7.34. The highest BCUT2D eigenvalue weighted by atomic mass is 32.1. The summed E-state index contributed by atoms with van der Waals surface area (Å²) in [7, 11) is 0. The van der Waals surface area contributed by atoms with Gasteiger partial charge in [0.2, 0.25) is 0 Å². The average Bonchev–Trinajstić information content (AvgIpc) is 2.71. The van der Waals surface area contributed by atoms with Crippen LogP contribution in [0, 0.1) is 0 Å². The maximum Gasteiger partial charge on any atom is 0.0564 e. The Morgan fingerprint density at radius 3 is 2.71 bits per heavy atom. The number of hydrogen-bond acceptors (Lipinski definition) is 3. The first kappa shape index (κ1) is 11.7. The van der Waals surface area contributed by atoms with Gasteiger partial charge < -0.3 is 5.73 Å². The molecule has 1 unspecified atom stereocenters. The van der Waals surface area contributed by atoms with Gasteiger partial charge in [-0.3, -0.25) is 4.90 Å². The number of rotatable bonds is 6. The van der Waals surface area contributed by atoms with Crippen LogP contribution in [-0.4, -0.2) is 24.5 Å². The Morgan fingerprint density at radius 1 is 1.50 bits per heavy atom. The molecule has 0 spiro atoms. The van der Waals surface area contributed by atoms with Crippen LogP contribution in [0.3, 0.4) is 0 Å². The van der Waals surface area contributed by atoms with Crippen molar-refractivity contribution >= 4 is 11.3 Å². The van der Waals surface area contributed by atoms with E-state index < -0.39 is 0 Å². The van der Waals surface area contributed by atoms with Crippen molar-refractivity contribution in [2.45, 2.75) is 26.3 Å². The number of hydrogen-bond donors (Lipinski definition) is 1. The van der Waals surface area contributed by atoms with Crippen LogP contribution in [0.2, 0.25) is 0 Å². The van der Waals surface area contributed by atoms with E-state index in [4.69, 9.17) is 5.73 Å². The molecule has 1 heterocycles. The summed E-state index contributed by atoms with van der Waals surface area (Å²) in [4.78, 5) is 3.84. The zero-order valence-electron chi connectivity index (χ0n) is 9.07. The monoisotopic (exact) mass is 212 g/mol. The van der Waals surface area contributed by atoms with Gasteiger partial charge in [-0.1, -0.05) is 19.9 Å². The van der Waals surface area contributed by atoms with Gasteiger partial charge in [-0.2, -0.15) is 0 Å². The molecule has 2 nitrogen and oxygen atoms in total. The van der Waals surface area contributed by atoms with Crippen LogP contribution in [0.4, 0.5) is 0 Å². The highest BCUT2D eigenvalue weighted by Gasteiger charge is 2.17. The zero-order valence-corrected chi connectivity index (χ0v) is 9.89. The van der Waals surface area contributed by atoms with Crippen molar-refractivity contribution in [1.82, 2.24) is 4.90 Å². The van der Waals surface area contributed by atoms with Crippen LogP contribution in [0.5, 0.6) is 0 Å². The van der Waals surface area contributed by atoms with Crippen LogP contribution in [0.25, 0.3) is 0 Å². The largest absolute Gasteiger partial charge is 0.329 e. The molecule has 0 saturated heterocycles. The second-order valence-electron chi connectivity index (χ2n) is 3.40. The second kappa shape index (κ2) is 6.17. The molecule has 2 N–H and O–H groups in total. The molecule has 1 aromatic heterocycles. The Labute approximate surface area is 90.7 Å². The molecule has 0 amide bonds. The van der Waals surface area contributed by atoms with Crippen molar-refractivity contribution in [3.8, 4) is 0 Å². The topological polar surface area (TPSA) is 29.3 Å². The summed E-state index contributed by atoms with van der Waals surface area (Å²) in [5.74, 6) is 0. The van der Waals surface area contributed by atoms with E-state index in [9.17, 15) is 0 Å². The van der Waals surface area contributed by atoms with Crippen LogP contribution < -0.4 is 5.73 Å². The van der Waals surface area contributed by atoms with Gasteiger partial charge in [0, 0.05) is 11.4 Å². The zero-order chi connectivity index (χ0) is 10.4. The highest BCUT2D eigenvalue weighted by Crippen LogP contribution is 2.23. The molecule has 0 saturated carbocycles. The molecule has 0 bridgehead atoms. The first-order valence-corrected chi connectivity index (χ1v) is 6.18. The predicted octanol–water partition coefficient (Wildman–Crippen LogP) is 2.48. The fourth-order valence-electron chi connectivity index (χ4n) is 1.75. The van der Waals surface area contributed by atoms with Crippen molar-refractivity contribution < 1.29 is 0 Å². The third kappa shape index (κ3) is 2.80. The fraction of sp³-hybridized carbons (Fsp3) is 0.636. The van der Waals surface area contributed by atoms with E-state index >= 15 is 0 Å². The predicted molar refractivity (Wildman–Crippen MR) is 63.7 cm³/mol. The van der Waals surface area contributed by atoms with E-state index in [1.54, 1.807) is 11.3 Å². The van der Waals surface area contributed by atoms with Crippen LogP contribution in [-0.2, 0) is 0 Å². The summed E-state index contributed by atoms with van der Waals surface area (Å²) in [6.07, 6.45) is 1.19. The first-order valence-electron chi connectivity index (χ1n) is 5.31. The van der Waals surface area contributed by atoms with Crippen molar-refractivity contribution in [2.75, 3.05) is 19.6 Å². The molecular weight excluding hydrogens is 192 g/mol. The maximum atomic E-state index is 5.84. The van der Waals surface area contributed by atoms with E-state index in [1.165, 1.54) is 11.3 Å². The smallest absolute Gasteiger partial charge is 0.0564 e. The summed E-state index contributed by atoms with van der Waals surface area (Å²) in [5, 5.41) is 2.12. The van der Waals surface area contributed by atoms with Crippen molar-refractivity contribution in [2.24, 2.45) is 5.73 Å². The van der Waals surface area contributed by atoms with Gasteiger partial charge in [-0.05, 0) is 31.0 Å². The van der Waals surface area contributed by atoms with Crippen LogP contribution in [0.1, 0.15) is 31.2 Å². The lowest BCUT2D eigenvalue weighted by Gasteiger charge is -2.28. The molecule has 0 aliphatic rings. The second-order valence-corrected chi connectivity index (χ2v) is 4.37. The molecule has 0 radical (unpaired) electrons. The Kier molecular flexibility index (Phi) is 5.15. The molecule has 0 aromatic carbocycles. The van der Waals surface area contributed by atoms with Crippen molar-refractivity contribution in [3.05, 3.63) is 22.4 Å². The minimum atomic E-state index is 0.417. The summed E-state index contributed by atoms with van der Waals surface area (Å²) < 4.78 is 0. The summed E-state index contributed by atoms with van der Waals surface area (Å²) in [6, 6.07) is 4.70. The van der Waals surface area contributed by atoms with Gasteiger partial charge >= 0.3 is 0 Å². The first-order chi connectivity index (χ1) is 6.83. The van der Waals surface area contributed by atoms with E-state index in [2.05, 4.69) is 36.3 Å². The lowest BCUT2D eigenvalue weighted by Crippen LogP contribution is -2.33. The van der Waals surface area contributed by atoms with E-state index in [0.717, 1.165) is 13.1 Å². The lowest BCUT2D eigenvalue weighted by molar-refractivity contribution is 0.216. The quantitative estimate of drug-likeness (QED) is 0.785.